The quantitative estimate of drug-likeness (QED) is 0.481. The van der Waals surface area contributed by atoms with Gasteiger partial charge >= 0.3 is 5.97 Å². The molecule has 2 aromatic rings. The van der Waals surface area contributed by atoms with Gasteiger partial charge in [0.1, 0.15) is 4.90 Å². The molecular weight excluding hydrogens is 437 g/mol. The Hall–Kier alpha value is -1.93. The van der Waals surface area contributed by atoms with Crippen molar-refractivity contribution >= 4 is 45.0 Å². The van der Waals surface area contributed by atoms with Gasteiger partial charge in [-0.25, -0.2) is 13.2 Å². The minimum absolute atomic E-state index is 0.0512. The monoisotopic (exact) mass is 455 g/mol. The zero-order valence-electron chi connectivity index (χ0n) is 15.4. The van der Waals surface area contributed by atoms with Crippen LogP contribution in [0.5, 0.6) is 0 Å². The number of ether oxygens (including phenoxy) is 1. The fraction of sp³-hybridized carbons (Fsp3) is 0.300. The van der Waals surface area contributed by atoms with Crippen LogP contribution in [0.15, 0.2) is 47.4 Å². The maximum atomic E-state index is 12.9. The predicted octanol–water partition coefficient (Wildman–Crippen LogP) is 4.21. The Kier molecular flexibility index (Phi) is 6.95. The molecule has 0 saturated carbocycles. The molecule has 1 fully saturated rings. The Morgan fingerprint density at radius 1 is 0.966 bits per heavy atom. The second-order valence-electron chi connectivity index (χ2n) is 6.59. The van der Waals surface area contributed by atoms with E-state index in [1.807, 2.05) is 0 Å². The number of Topliss-reactive ketones (excluding diaryl/α,β-unsaturated/α-hetero) is 1. The largest absolute Gasteiger partial charge is 0.454 e. The van der Waals surface area contributed by atoms with E-state index in [2.05, 4.69) is 0 Å². The lowest BCUT2D eigenvalue weighted by atomic mass is 10.1. The Labute approximate surface area is 179 Å². The molecule has 0 aromatic heterocycles. The molecule has 1 heterocycles. The van der Waals surface area contributed by atoms with Crippen molar-refractivity contribution in [3.05, 3.63) is 63.6 Å². The van der Waals surface area contributed by atoms with Gasteiger partial charge in [-0.1, -0.05) is 60.0 Å². The maximum absolute atomic E-state index is 12.9. The molecule has 0 aliphatic carbocycles. The first-order valence-electron chi connectivity index (χ1n) is 9.05. The number of halogens is 2. The molecule has 3 rings (SSSR count). The van der Waals surface area contributed by atoms with Crippen molar-refractivity contribution in [3.8, 4) is 0 Å². The Morgan fingerprint density at radius 3 is 2.28 bits per heavy atom. The van der Waals surface area contributed by atoms with Gasteiger partial charge in [0.15, 0.2) is 12.4 Å². The Balaban J connectivity index is 1.81. The summed E-state index contributed by atoms with van der Waals surface area (Å²) in [6.45, 7) is 0.301. The third-order valence-corrected chi connectivity index (χ3v) is 7.28. The number of benzene rings is 2. The van der Waals surface area contributed by atoms with Crippen LogP contribution in [0, 0.1) is 0 Å². The van der Waals surface area contributed by atoms with E-state index >= 15 is 0 Å². The van der Waals surface area contributed by atoms with Crippen molar-refractivity contribution in [1.29, 1.82) is 0 Å². The van der Waals surface area contributed by atoms with E-state index < -0.39 is 22.6 Å². The summed E-state index contributed by atoms with van der Waals surface area (Å²) in [5, 5.41) is -0.123. The highest BCUT2D eigenvalue weighted by molar-refractivity contribution is 7.89. The van der Waals surface area contributed by atoms with E-state index in [9.17, 15) is 18.0 Å². The molecule has 6 nitrogen and oxygen atoms in total. The first kappa shape index (κ1) is 21.8. The number of nitrogens with zero attached hydrogens (tertiary/aromatic N) is 1. The second kappa shape index (κ2) is 9.26. The van der Waals surface area contributed by atoms with Gasteiger partial charge < -0.3 is 4.74 Å². The maximum Gasteiger partial charge on any atom is 0.340 e. The fourth-order valence-electron chi connectivity index (χ4n) is 3.04. The summed E-state index contributed by atoms with van der Waals surface area (Å²) >= 11 is 12.2. The molecule has 0 atom stereocenters. The topological polar surface area (TPSA) is 80.8 Å². The zero-order valence-corrected chi connectivity index (χ0v) is 17.8. The number of hydrogen-bond acceptors (Lipinski definition) is 5. The van der Waals surface area contributed by atoms with E-state index in [-0.39, 0.29) is 26.3 Å². The fourth-order valence-corrected chi connectivity index (χ4v) is 5.39. The van der Waals surface area contributed by atoms with E-state index in [0.29, 0.717) is 18.7 Å². The molecule has 0 bridgehead atoms. The minimum atomic E-state index is -3.87. The van der Waals surface area contributed by atoms with Crippen molar-refractivity contribution in [1.82, 2.24) is 4.31 Å². The van der Waals surface area contributed by atoms with Crippen molar-refractivity contribution in [2.45, 2.75) is 24.2 Å². The molecule has 29 heavy (non-hydrogen) atoms. The molecule has 1 aliphatic heterocycles. The average Bonchev–Trinajstić information content (AvgIpc) is 2.73. The second-order valence-corrected chi connectivity index (χ2v) is 9.31. The summed E-state index contributed by atoms with van der Waals surface area (Å²) in [4.78, 5) is 24.4. The number of esters is 1. The van der Waals surface area contributed by atoms with E-state index in [1.165, 1.54) is 10.4 Å². The van der Waals surface area contributed by atoms with Crippen molar-refractivity contribution in [3.63, 3.8) is 0 Å². The number of ketones is 1. The van der Waals surface area contributed by atoms with Crippen LogP contribution in [0.3, 0.4) is 0 Å². The Bertz CT molecular complexity index is 1020. The molecule has 2 aromatic carbocycles. The van der Waals surface area contributed by atoms with Gasteiger partial charge in [0.25, 0.3) is 0 Å². The van der Waals surface area contributed by atoms with Crippen molar-refractivity contribution in [2.75, 3.05) is 19.7 Å². The molecule has 1 saturated heterocycles. The van der Waals surface area contributed by atoms with Crippen LogP contribution >= 0.6 is 23.2 Å². The number of carbonyl (C=O) groups excluding carboxylic acids is 2. The van der Waals surface area contributed by atoms with Crippen LogP contribution in [-0.2, 0) is 14.8 Å². The van der Waals surface area contributed by atoms with Gasteiger partial charge in [0.05, 0.1) is 15.6 Å². The first-order valence-corrected chi connectivity index (χ1v) is 11.2. The molecule has 154 valence electrons. The summed E-state index contributed by atoms with van der Waals surface area (Å²) in [5.41, 5.74) is 0.239. The summed E-state index contributed by atoms with van der Waals surface area (Å²) < 4.78 is 32.3. The van der Waals surface area contributed by atoms with Gasteiger partial charge in [0.2, 0.25) is 10.0 Å². The third kappa shape index (κ3) is 4.98. The summed E-state index contributed by atoms with van der Waals surface area (Å²) in [7, 11) is -3.87. The molecule has 1 aliphatic rings. The van der Waals surface area contributed by atoms with Crippen LogP contribution in [-0.4, -0.2) is 44.2 Å². The van der Waals surface area contributed by atoms with E-state index in [4.69, 9.17) is 27.9 Å². The summed E-state index contributed by atoms with van der Waals surface area (Å²) in [6.07, 6.45) is 2.50. The highest BCUT2D eigenvalue weighted by atomic mass is 35.5. The molecular formula is C20H19Cl2NO5S. The number of rotatable bonds is 6. The number of carbonyl (C=O) groups is 2. The van der Waals surface area contributed by atoms with E-state index in [0.717, 1.165) is 25.3 Å². The molecule has 0 N–H and O–H groups in total. The van der Waals surface area contributed by atoms with Crippen LogP contribution in [0.25, 0.3) is 0 Å². The Morgan fingerprint density at radius 2 is 1.62 bits per heavy atom. The van der Waals surface area contributed by atoms with E-state index in [1.54, 1.807) is 30.3 Å². The predicted molar refractivity (Wildman–Crippen MR) is 110 cm³/mol. The third-order valence-electron chi connectivity index (χ3n) is 4.60. The highest BCUT2D eigenvalue weighted by Crippen LogP contribution is 2.32. The van der Waals surface area contributed by atoms with Gasteiger partial charge in [-0.05, 0) is 25.0 Å². The molecule has 9 heteroatoms. The first-order chi connectivity index (χ1) is 13.8. The summed E-state index contributed by atoms with van der Waals surface area (Å²) in [6, 6.07) is 10.7. The van der Waals surface area contributed by atoms with Gasteiger partial charge in [-0.15, -0.1) is 0 Å². The summed E-state index contributed by atoms with van der Waals surface area (Å²) in [5.74, 6) is -1.28. The highest BCUT2D eigenvalue weighted by Gasteiger charge is 2.30. The number of sulfonamides is 1. The lowest BCUT2D eigenvalue weighted by Crippen LogP contribution is -2.35. The van der Waals surface area contributed by atoms with Gasteiger partial charge in [0, 0.05) is 18.7 Å². The zero-order chi connectivity index (χ0) is 21.0. The lowest BCUT2D eigenvalue weighted by Gasteiger charge is -2.26. The average molecular weight is 456 g/mol. The van der Waals surface area contributed by atoms with Crippen LogP contribution < -0.4 is 0 Å². The van der Waals surface area contributed by atoms with Crippen LogP contribution in [0.4, 0.5) is 0 Å². The number of piperidine rings is 1. The van der Waals surface area contributed by atoms with Crippen LogP contribution in [0.1, 0.15) is 40.0 Å². The minimum Gasteiger partial charge on any atom is -0.454 e. The molecule has 0 unspecified atom stereocenters. The molecule has 0 radical (unpaired) electrons. The van der Waals surface area contributed by atoms with Gasteiger partial charge in [-0.2, -0.15) is 4.31 Å². The smallest absolute Gasteiger partial charge is 0.340 e. The number of hydrogen-bond donors (Lipinski definition) is 0. The molecule has 0 amide bonds. The lowest BCUT2D eigenvalue weighted by molar-refractivity contribution is 0.0474. The normalized spacial score (nSPS) is 15.1. The van der Waals surface area contributed by atoms with Gasteiger partial charge in [-0.3, -0.25) is 4.79 Å². The van der Waals surface area contributed by atoms with Crippen molar-refractivity contribution in [2.24, 2.45) is 0 Å². The molecule has 0 spiro atoms. The van der Waals surface area contributed by atoms with Crippen molar-refractivity contribution < 1.29 is 22.7 Å². The standard InChI is InChI=1S/C20H19Cl2NO5S/c21-16-12-17(22)19(29(26,27)23-9-5-2-6-10-23)11-15(16)20(25)28-13-18(24)14-7-3-1-4-8-14/h1,3-4,7-8,11-12H,2,5-6,9-10,13H2. The van der Waals surface area contributed by atoms with Crippen LogP contribution in [0.2, 0.25) is 10.0 Å². The SMILES string of the molecule is O=C(COC(=O)c1cc(S(=O)(=O)N2CCCCC2)c(Cl)cc1Cl)c1ccccc1.